The molecule has 2 aromatic heterocycles. The Kier molecular flexibility index (Phi) is 5.85. The molecular weight excluding hydrogens is 428 g/mol. The van der Waals surface area contributed by atoms with Crippen LogP contribution in [0.2, 0.25) is 5.15 Å². The molecule has 1 aliphatic heterocycles. The van der Waals surface area contributed by atoms with E-state index in [-0.39, 0.29) is 35.0 Å². The molecule has 1 aliphatic rings. The predicted octanol–water partition coefficient (Wildman–Crippen LogP) is 4.86. The first-order valence-corrected chi connectivity index (χ1v) is 10.2. The number of nitrogens with zero attached hydrogens (tertiary/aromatic N) is 3. The van der Waals surface area contributed by atoms with Gasteiger partial charge in [0.2, 0.25) is 0 Å². The van der Waals surface area contributed by atoms with Gasteiger partial charge < -0.3 is 19.1 Å². The zero-order chi connectivity index (χ0) is 22.3. The molecule has 4 rings (SSSR count). The monoisotopic (exact) mass is 449 g/mol. The summed E-state index contributed by atoms with van der Waals surface area (Å²) in [6.45, 7) is 5.08. The van der Waals surface area contributed by atoms with E-state index in [1.54, 1.807) is 18.3 Å². The van der Waals surface area contributed by atoms with E-state index in [4.69, 9.17) is 25.8 Å². The molecular formula is C22H22ClF2N3O3. The number of rotatable bonds is 4. The molecule has 1 aromatic carbocycles. The molecule has 3 aromatic rings. The maximum absolute atomic E-state index is 15.2. The minimum absolute atomic E-state index is 0.0352. The van der Waals surface area contributed by atoms with Gasteiger partial charge in [0.05, 0.1) is 37.7 Å². The number of fused-ring (bicyclic) bond motifs is 1. The van der Waals surface area contributed by atoms with Gasteiger partial charge in [-0.15, -0.1) is 0 Å². The summed E-state index contributed by atoms with van der Waals surface area (Å²) in [5, 5.41) is 1.69. The van der Waals surface area contributed by atoms with E-state index in [1.165, 1.54) is 20.3 Å². The Morgan fingerprint density at radius 2 is 1.65 bits per heavy atom. The number of ether oxygens (including phenoxy) is 3. The van der Waals surface area contributed by atoms with Crippen molar-refractivity contribution in [3.63, 3.8) is 0 Å². The Hall–Kier alpha value is -2.71. The molecule has 164 valence electrons. The number of methoxy groups -OCH3 is 2. The van der Waals surface area contributed by atoms with Crippen LogP contribution in [0.15, 0.2) is 24.4 Å². The van der Waals surface area contributed by atoms with Crippen LogP contribution < -0.4 is 14.4 Å². The van der Waals surface area contributed by atoms with Gasteiger partial charge in [-0.2, -0.15) is 0 Å². The summed E-state index contributed by atoms with van der Waals surface area (Å²) in [5.41, 5.74) is -0.228. The molecule has 1 fully saturated rings. The van der Waals surface area contributed by atoms with Gasteiger partial charge in [-0.25, -0.2) is 18.7 Å². The summed E-state index contributed by atoms with van der Waals surface area (Å²) < 4.78 is 46.3. The summed E-state index contributed by atoms with van der Waals surface area (Å²) in [7, 11) is 2.61. The first-order valence-electron chi connectivity index (χ1n) is 9.79. The maximum atomic E-state index is 15.2. The molecule has 1 saturated heterocycles. The van der Waals surface area contributed by atoms with Crippen LogP contribution in [0.1, 0.15) is 13.8 Å². The van der Waals surface area contributed by atoms with E-state index in [9.17, 15) is 0 Å². The number of hydrogen-bond donors (Lipinski definition) is 0. The lowest BCUT2D eigenvalue weighted by Crippen LogP contribution is -2.46. The molecule has 0 saturated carbocycles. The summed E-state index contributed by atoms with van der Waals surface area (Å²) in [6.07, 6.45) is 1.49. The van der Waals surface area contributed by atoms with Crippen LogP contribution in [0.25, 0.3) is 22.0 Å². The average molecular weight is 450 g/mol. The predicted molar refractivity (Wildman–Crippen MR) is 115 cm³/mol. The fraction of sp³-hybridized carbons (Fsp3) is 0.364. The van der Waals surface area contributed by atoms with Gasteiger partial charge in [0.15, 0.2) is 23.1 Å². The van der Waals surface area contributed by atoms with Crippen molar-refractivity contribution in [1.29, 1.82) is 0 Å². The topological polar surface area (TPSA) is 56.7 Å². The van der Waals surface area contributed by atoms with E-state index in [0.717, 1.165) is 5.39 Å². The van der Waals surface area contributed by atoms with Crippen LogP contribution in [0.4, 0.5) is 14.6 Å². The molecule has 31 heavy (non-hydrogen) atoms. The average Bonchev–Trinajstić information content (AvgIpc) is 2.73. The summed E-state index contributed by atoms with van der Waals surface area (Å²) in [5.74, 6) is -1.44. The fourth-order valence-electron chi connectivity index (χ4n) is 3.93. The second-order valence-electron chi connectivity index (χ2n) is 7.51. The highest BCUT2D eigenvalue weighted by molar-refractivity contribution is 6.30. The fourth-order valence-corrected chi connectivity index (χ4v) is 4.09. The van der Waals surface area contributed by atoms with Crippen LogP contribution in [0.5, 0.6) is 11.5 Å². The SMILES string of the molecule is COc1cc(OC)c(F)c(-c2cc3cnc(Cl)cc3c(N3CC(C)OC(C)C3)n2)c1F. The molecule has 0 aliphatic carbocycles. The molecule has 3 heterocycles. The highest BCUT2D eigenvalue weighted by Crippen LogP contribution is 2.39. The molecule has 2 unspecified atom stereocenters. The van der Waals surface area contributed by atoms with Gasteiger partial charge in [-0.3, -0.25) is 0 Å². The van der Waals surface area contributed by atoms with Crippen molar-refractivity contribution in [3.05, 3.63) is 41.2 Å². The summed E-state index contributed by atoms with van der Waals surface area (Å²) in [6, 6.07) is 4.45. The summed E-state index contributed by atoms with van der Waals surface area (Å²) >= 11 is 6.14. The van der Waals surface area contributed by atoms with Crippen molar-refractivity contribution in [2.75, 3.05) is 32.2 Å². The van der Waals surface area contributed by atoms with E-state index in [0.29, 0.717) is 29.4 Å². The zero-order valence-electron chi connectivity index (χ0n) is 17.6. The largest absolute Gasteiger partial charge is 0.494 e. The third kappa shape index (κ3) is 3.97. The second kappa shape index (κ2) is 8.43. The van der Waals surface area contributed by atoms with Crippen LogP contribution >= 0.6 is 11.6 Å². The van der Waals surface area contributed by atoms with Crippen LogP contribution in [-0.4, -0.2) is 49.5 Å². The number of pyridine rings is 2. The Morgan fingerprint density at radius 1 is 1.03 bits per heavy atom. The van der Waals surface area contributed by atoms with Gasteiger partial charge >= 0.3 is 0 Å². The number of benzene rings is 1. The Balaban J connectivity index is 1.98. The van der Waals surface area contributed by atoms with Crippen molar-refractivity contribution in [2.45, 2.75) is 26.1 Å². The molecule has 6 nitrogen and oxygen atoms in total. The van der Waals surface area contributed by atoms with Crippen LogP contribution in [0.3, 0.4) is 0 Å². The van der Waals surface area contributed by atoms with Crippen molar-refractivity contribution < 1.29 is 23.0 Å². The molecule has 0 amide bonds. The first-order chi connectivity index (χ1) is 14.8. The van der Waals surface area contributed by atoms with Gasteiger partial charge in [0.1, 0.15) is 11.0 Å². The van der Waals surface area contributed by atoms with Gasteiger partial charge in [-0.1, -0.05) is 11.6 Å². The Morgan fingerprint density at radius 3 is 2.23 bits per heavy atom. The third-order valence-electron chi connectivity index (χ3n) is 5.21. The lowest BCUT2D eigenvalue weighted by molar-refractivity contribution is -0.00536. The molecule has 2 atom stereocenters. The number of morpholine rings is 1. The van der Waals surface area contributed by atoms with Crippen LogP contribution in [-0.2, 0) is 4.74 Å². The second-order valence-corrected chi connectivity index (χ2v) is 7.89. The lowest BCUT2D eigenvalue weighted by atomic mass is 10.0. The molecule has 9 heteroatoms. The molecule has 0 N–H and O–H groups in total. The van der Waals surface area contributed by atoms with Gasteiger partial charge in [0.25, 0.3) is 0 Å². The van der Waals surface area contributed by atoms with Gasteiger partial charge in [0, 0.05) is 36.1 Å². The zero-order valence-corrected chi connectivity index (χ0v) is 18.3. The van der Waals surface area contributed by atoms with E-state index in [1.807, 2.05) is 18.7 Å². The highest BCUT2D eigenvalue weighted by atomic mass is 35.5. The van der Waals surface area contributed by atoms with E-state index in [2.05, 4.69) is 9.97 Å². The number of hydrogen-bond acceptors (Lipinski definition) is 6. The first kappa shape index (κ1) is 21.5. The summed E-state index contributed by atoms with van der Waals surface area (Å²) in [4.78, 5) is 10.8. The lowest BCUT2D eigenvalue weighted by Gasteiger charge is -2.36. The molecule has 0 spiro atoms. The van der Waals surface area contributed by atoms with Crippen molar-refractivity contribution in [1.82, 2.24) is 9.97 Å². The number of aromatic nitrogens is 2. The standard InChI is InChI=1S/C22H22ClF2N3O3/c1-11-9-28(10-12(2)31-11)22-14-6-18(23)26-8-13(14)5-15(27-22)19-20(24)16(29-3)7-17(30-4)21(19)25/h5-8,11-12H,9-10H2,1-4H3. The van der Waals surface area contributed by atoms with Crippen molar-refractivity contribution in [3.8, 4) is 22.8 Å². The van der Waals surface area contributed by atoms with Crippen molar-refractivity contribution >= 4 is 28.2 Å². The van der Waals surface area contributed by atoms with Crippen LogP contribution in [0, 0.1) is 11.6 Å². The van der Waals surface area contributed by atoms with E-state index < -0.39 is 11.6 Å². The minimum atomic E-state index is -0.857. The quantitative estimate of drug-likeness (QED) is 0.530. The van der Waals surface area contributed by atoms with Gasteiger partial charge in [-0.05, 0) is 26.0 Å². The number of anilines is 1. The Labute approximate surface area is 183 Å². The normalized spacial score (nSPS) is 19.0. The minimum Gasteiger partial charge on any atom is -0.494 e. The maximum Gasteiger partial charge on any atom is 0.177 e. The third-order valence-corrected chi connectivity index (χ3v) is 5.42. The Bertz CT molecular complexity index is 1110. The highest BCUT2D eigenvalue weighted by Gasteiger charge is 2.28. The number of halogens is 3. The smallest absolute Gasteiger partial charge is 0.177 e. The van der Waals surface area contributed by atoms with E-state index >= 15 is 8.78 Å². The molecule has 0 radical (unpaired) electrons. The molecule has 0 bridgehead atoms. The van der Waals surface area contributed by atoms with Crippen molar-refractivity contribution in [2.24, 2.45) is 0 Å².